The first-order valence-electron chi connectivity index (χ1n) is 4.45. The third kappa shape index (κ3) is 3.86. The van der Waals surface area contributed by atoms with Crippen molar-refractivity contribution in [1.29, 1.82) is 0 Å². The number of halogens is 1. The Kier molecular flexibility index (Phi) is 3.97. The highest BCUT2D eigenvalue weighted by molar-refractivity contribution is 9.10. The summed E-state index contributed by atoms with van der Waals surface area (Å²) in [5, 5.41) is 1.75. The second kappa shape index (κ2) is 4.53. The molecule has 0 aliphatic rings. The normalized spacial score (nSPS) is 13.1. The van der Waals surface area contributed by atoms with E-state index in [1.807, 2.05) is 20.8 Å². The van der Waals surface area contributed by atoms with Crippen LogP contribution in [0, 0.1) is 5.41 Å². The zero-order chi connectivity index (χ0) is 11.7. The monoisotopic (exact) mass is 311 g/mol. The van der Waals surface area contributed by atoms with Crippen molar-refractivity contribution in [2.24, 2.45) is 5.41 Å². The van der Waals surface area contributed by atoms with Crippen molar-refractivity contribution in [3.8, 4) is 0 Å². The zero-order valence-corrected chi connectivity index (χ0v) is 12.1. The standard InChI is InChI=1S/C9H14BrNO2S2/c1-9(2,3)6-11-15(12,13)8-7(10)4-5-14-8/h4-5,11H,6H2,1-3H3. The van der Waals surface area contributed by atoms with Crippen molar-refractivity contribution in [3.63, 3.8) is 0 Å². The van der Waals surface area contributed by atoms with Gasteiger partial charge in [-0.1, -0.05) is 20.8 Å². The first-order valence-corrected chi connectivity index (χ1v) is 7.61. The highest BCUT2D eigenvalue weighted by Gasteiger charge is 2.21. The summed E-state index contributed by atoms with van der Waals surface area (Å²) >= 11 is 4.42. The molecule has 0 aliphatic carbocycles. The maximum Gasteiger partial charge on any atom is 0.251 e. The van der Waals surface area contributed by atoms with Crippen LogP contribution in [0.2, 0.25) is 0 Å². The van der Waals surface area contributed by atoms with Gasteiger partial charge < -0.3 is 0 Å². The number of thiophene rings is 1. The molecule has 1 heterocycles. The SMILES string of the molecule is CC(C)(C)CNS(=O)(=O)c1sccc1Br. The maximum absolute atomic E-state index is 11.8. The van der Waals surface area contributed by atoms with E-state index in [2.05, 4.69) is 20.7 Å². The Balaban J connectivity index is 2.82. The third-order valence-corrected chi connectivity index (χ3v) is 5.69. The molecule has 3 nitrogen and oxygen atoms in total. The largest absolute Gasteiger partial charge is 0.251 e. The molecule has 86 valence electrons. The van der Waals surface area contributed by atoms with Gasteiger partial charge in [0.05, 0.1) is 0 Å². The van der Waals surface area contributed by atoms with Crippen LogP contribution >= 0.6 is 27.3 Å². The Morgan fingerprint density at radius 1 is 1.47 bits per heavy atom. The van der Waals surface area contributed by atoms with Crippen LogP contribution in [0.3, 0.4) is 0 Å². The first kappa shape index (κ1) is 13.2. The van der Waals surface area contributed by atoms with Crippen molar-refractivity contribution < 1.29 is 8.42 Å². The average Bonchev–Trinajstić information content (AvgIpc) is 2.47. The lowest BCUT2D eigenvalue weighted by atomic mass is 9.98. The molecule has 1 N–H and O–H groups in total. The van der Waals surface area contributed by atoms with Crippen LogP contribution < -0.4 is 4.72 Å². The molecule has 0 aliphatic heterocycles. The van der Waals surface area contributed by atoms with Crippen molar-refractivity contribution >= 4 is 37.3 Å². The van der Waals surface area contributed by atoms with E-state index in [9.17, 15) is 8.42 Å². The van der Waals surface area contributed by atoms with Crippen LogP contribution in [-0.2, 0) is 10.0 Å². The summed E-state index contributed by atoms with van der Waals surface area (Å²) in [6.07, 6.45) is 0. The molecular formula is C9H14BrNO2S2. The zero-order valence-electron chi connectivity index (χ0n) is 8.87. The Morgan fingerprint density at radius 2 is 2.07 bits per heavy atom. The molecule has 0 bridgehead atoms. The molecule has 6 heteroatoms. The summed E-state index contributed by atoms with van der Waals surface area (Å²) in [7, 11) is -3.36. The topological polar surface area (TPSA) is 46.2 Å². The van der Waals surface area contributed by atoms with Gasteiger partial charge in [0.25, 0.3) is 10.0 Å². The highest BCUT2D eigenvalue weighted by atomic mass is 79.9. The van der Waals surface area contributed by atoms with E-state index in [4.69, 9.17) is 0 Å². The number of hydrogen-bond donors (Lipinski definition) is 1. The molecule has 0 saturated heterocycles. The Bertz CT molecular complexity index is 431. The van der Waals surface area contributed by atoms with E-state index in [1.165, 1.54) is 11.3 Å². The molecule has 1 aromatic rings. The fraction of sp³-hybridized carbons (Fsp3) is 0.556. The maximum atomic E-state index is 11.8. The number of hydrogen-bond acceptors (Lipinski definition) is 3. The molecule has 0 saturated carbocycles. The lowest BCUT2D eigenvalue weighted by Crippen LogP contribution is -2.32. The second-order valence-electron chi connectivity index (χ2n) is 4.44. The van der Waals surface area contributed by atoms with Crippen LogP contribution in [0.15, 0.2) is 20.1 Å². The van der Waals surface area contributed by atoms with Gasteiger partial charge in [-0.3, -0.25) is 0 Å². The van der Waals surface area contributed by atoms with Gasteiger partial charge in [0.2, 0.25) is 0 Å². The minimum atomic E-state index is -3.36. The van der Waals surface area contributed by atoms with Crippen LogP contribution in [0.1, 0.15) is 20.8 Å². The van der Waals surface area contributed by atoms with E-state index >= 15 is 0 Å². The van der Waals surface area contributed by atoms with Crippen LogP contribution in [0.5, 0.6) is 0 Å². The van der Waals surface area contributed by atoms with Gasteiger partial charge in [0, 0.05) is 11.0 Å². The van der Waals surface area contributed by atoms with E-state index in [-0.39, 0.29) is 5.41 Å². The van der Waals surface area contributed by atoms with Gasteiger partial charge in [0.15, 0.2) is 0 Å². The Morgan fingerprint density at radius 3 is 2.47 bits per heavy atom. The number of nitrogens with one attached hydrogen (secondary N) is 1. The number of sulfonamides is 1. The Hall–Kier alpha value is 0.0900. The summed E-state index contributed by atoms with van der Waals surface area (Å²) < 4.78 is 27.2. The average molecular weight is 312 g/mol. The molecule has 0 aromatic carbocycles. The van der Waals surface area contributed by atoms with E-state index < -0.39 is 10.0 Å². The molecule has 0 amide bonds. The third-order valence-electron chi connectivity index (χ3n) is 1.62. The Labute approximate surface area is 103 Å². The van der Waals surface area contributed by atoms with Crippen molar-refractivity contribution in [1.82, 2.24) is 4.72 Å². The first-order chi connectivity index (χ1) is 6.72. The fourth-order valence-electron chi connectivity index (χ4n) is 0.849. The van der Waals surface area contributed by atoms with Gasteiger partial charge in [-0.25, -0.2) is 13.1 Å². The molecular weight excluding hydrogens is 298 g/mol. The summed E-state index contributed by atoms with van der Waals surface area (Å²) in [6.45, 7) is 6.39. The van der Waals surface area contributed by atoms with Gasteiger partial charge in [-0.05, 0) is 32.8 Å². The minimum Gasteiger partial charge on any atom is -0.210 e. The van der Waals surface area contributed by atoms with Gasteiger partial charge in [-0.15, -0.1) is 11.3 Å². The van der Waals surface area contributed by atoms with Crippen molar-refractivity contribution in [2.75, 3.05) is 6.54 Å². The molecule has 0 unspecified atom stereocenters. The van der Waals surface area contributed by atoms with Crippen LogP contribution in [-0.4, -0.2) is 15.0 Å². The minimum absolute atomic E-state index is 0.0587. The predicted octanol–water partition coefficient (Wildman–Crippen LogP) is 2.84. The molecule has 0 spiro atoms. The van der Waals surface area contributed by atoms with E-state index in [0.29, 0.717) is 15.2 Å². The smallest absolute Gasteiger partial charge is 0.210 e. The van der Waals surface area contributed by atoms with E-state index in [0.717, 1.165) is 0 Å². The summed E-state index contributed by atoms with van der Waals surface area (Å²) in [6, 6.07) is 1.73. The summed E-state index contributed by atoms with van der Waals surface area (Å²) in [5.41, 5.74) is -0.0587. The van der Waals surface area contributed by atoms with Crippen LogP contribution in [0.25, 0.3) is 0 Å². The molecule has 0 atom stereocenters. The van der Waals surface area contributed by atoms with Gasteiger partial charge in [-0.2, -0.15) is 0 Å². The quantitative estimate of drug-likeness (QED) is 0.933. The van der Waals surface area contributed by atoms with Crippen molar-refractivity contribution in [2.45, 2.75) is 25.0 Å². The highest BCUT2D eigenvalue weighted by Crippen LogP contribution is 2.27. The molecule has 15 heavy (non-hydrogen) atoms. The molecule has 1 aromatic heterocycles. The van der Waals surface area contributed by atoms with Gasteiger partial charge >= 0.3 is 0 Å². The molecule has 0 fully saturated rings. The lowest BCUT2D eigenvalue weighted by Gasteiger charge is -2.18. The summed E-state index contributed by atoms with van der Waals surface area (Å²) in [4.78, 5) is 0. The fourth-order valence-corrected chi connectivity index (χ4v) is 4.51. The van der Waals surface area contributed by atoms with Crippen LogP contribution in [0.4, 0.5) is 0 Å². The van der Waals surface area contributed by atoms with E-state index in [1.54, 1.807) is 11.4 Å². The van der Waals surface area contributed by atoms with Gasteiger partial charge in [0.1, 0.15) is 4.21 Å². The second-order valence-corrected chi connectivity index (χ2v) is 8.17. The molecule has 1 rings (SSSR count). The molecule has 0 radical (unpaired) electrons. The number of rotatable bonds is 3. The predicted molar refractivity (Wildman–Crippen MR) is 66.7 cm³/mol. The lowest BCUT2D eigenvalue weighted by molar-refractivity contribution is 0.408. The van der Waals surface area contributed by atoms with Crippen molar-refractivity contribution in [3.05, 3.63) is 15.9 Å². The summed E-state index contributed by atoms with van der Waals surface area (Å²) in [5.74, 6) is 0.